The van der Waals surface area contributed by atoms with E-state index in [1.54, 1.807) is 17.5 Å². The van der Waals surface area contributed by atoms with Crippen LogP contribution in [0.3, 0.4) is 0 Å². The Morgan fingerprint density at radius 2 is 2.31 bits per heavy atom. The normalized spacial score (nSPS) is 11.2. The summed E-state index contributed by atoms with van der Waals surface area (Å²) in [5.74, 6) is 0. The van der Waals surface area contributed by atoms with Gasteiger partial charge in [-0.05, 0) is 27.2 Å². The van der Waals surface area contributed by atoms with Crippen molar-refractivity contribution >= 4 is 17.4 Å². The van der Waals surface area contributed by atoms with Crippen LogP contribution in [-0.2, 0) is 11.2 Å². The maximum absolute atomic E-state index is 11.3. The van der Waals surface area contributed by atoms with Gasteiger partial charge in [0.05, 0.1) is 5.01 Å². The number of aryl methyl sites for hydroxylation is 1. The van der Waals surface area contributed by atoms with E-state index in [2.05, 4.69) is 10.3 Å². The van der Waals surface area contributed by atoms with Crippen molar-refractivity contribution in [3.05, 3.63) is 16.6 Å². The van der Waals surface area contributed by atoms with Crippen molar-refractivity contribution in [1.29, 1.82) is 0 Å². The van der Waals surface area contributed by atoms with Crippen LogP contribution >= 0.6 is 11.3 Å². The SMILES string of the molecule is CC(C)(C)OC(=O)NCCCc1nccs1. The summed E-state index contributed by atoms with van der Waals surface area (Å²) in [6.07, 6.45) is 3.22. The van der Waals surface area contributed by atoms with Crippen molar-refractivity contribution in [2.24, 2.45) is 0 Å². The first kappa shape index (κ1) is 13.0. The lowest BCUT2D eigenvalue weighted by atomic mass is 10.2. The maximum atomic E-state index is 11.3. The van der Waals surface area contributed by atoms with Crippen LogP contribution < -0.4 is 5.32 Å². The highest BCUT2D eigenvalue weighted by Crippen LogP contribution is 2.07. The molecule has 1 aromatic rings. The second-order valence-electron chi connectivity index (χ2n) is 4.46. The summed E-state index contributed by atoms with van der Waals surface area (Å²) in [6.45, 7) is 6.17. The standard InChI is InChI=1S/C11H18N2O2S/c1-11(2,3)15-10(14)13-6-4-5-9-12-7-8-16-9/h7-8H,4-6H2,1-3H3,(H,13,14). The first-order valence-corrected chi connectivity index (χ1v) is 6.20. The Hall–Kier alpha value is -1.10. The van der Waals surface area contributed by atoms with E-state index in [1.807, 2.05) is 26.2 Å². The molecule has 0 atom stereocenters. The number of carbonyl (C=O) groups excluding carboxylic acids is 1. The highest BCUT2D eigenvalue weighted by molar-refractivity contribution is 7.09. The average Bonchev–Trinajstić information content (AvgIpc) is 2.62. The largest absolute Gasteiger partial charge is 0.444 e. The van der Waals surface area contributed by atoms with Crippen LogP contribution in [0.4, 0.5) is 4.79 Å². The molecular weight excluding hydrogens is 224 g/mol. The van der Waals surface area contributed by atoms with Crippen molar-refractivity contribution in [3.63, 3.8) is 0 Å². The van der Waals surface area contributed by atoms with Crippen LogP contribution in [0, 0.1) is 0 Å². The Balaban J connectivity index is 2.09. The fraction of sp³-hybridized carbons (Fsp3) is 0.636. The van der Waals surface area contributed by atoms with Gasteiger partial charge < -0.3 is 10.1 Å². The lowest BCUT2D eigenvalue weighted by Crippen LogP contribution is -2.33. The molecule has 0 saturated heterocycles. The number of nitrogens with zero attached hydrogens (tertiary/aromatic N) is 1. The molecule has 1 amide bonds. The molecule has 0 spiro atoms. The molecule has 0 aliphatic carbocycles. The van der Waals surface area contributed by atoms with Gasteiger partial charge in [0.2, 0.25) is 0 Å². The average molecular weight is 242 g/mol. The number of carbonyl (C=O) groups is 1. The van der Waals surface area contributed by atoms with Crippen LogP contribution in [0.15, 0.2) is 11.6 Å². The minimum Gasteiger partial charge on any atom is -0.444 e. The van der Waals surface area contributed by atoms with Gasteiger partial charge in [-0.1, -0.05) is 0 Å². The van der Waals surface area contributed by atoms with Gasteiger partial charge in [0, 0.05) is 24.5 Å². The number of aromatic nitrogens is 1. The maximum Gasteiger partial charge on any atom is 0.407 e. The number of nitrogens with one attached hydrogen (secondary N) is 1. The Kier molecular flexibility index (Phi) is 4.73. The Morgan fingerprint density at radius 3 is 2.88 bits per heavy atom. The monoisotopic (exact) mass is 242 g/mol. The predicted molar refractivity (Wildman–Crippen MR) is 64.7 cm³/mol. The van der Waals surface area contributed by atoms with Crippen LogP contribution in [0.5, 0.6) is 0 Å². The number of hydrogen-bond donors (Lipinski definition) is 1. The van der Waals surface area contributed by atoms with E-state index in [4.69, 9.17) is 4.74 Å². The van der Waals surface area contributed by atoms with Gasteiger partial charge in [-0.3, -0.25) is 0 Å². The van der Waals surface area contributed by atoms with Gasteiger partial charge in [-0.15, -0.1) is 11.3 Å². The molecule has 0 aliphatic heterocycles. The predicted octanol–water partition coefficient (Wildman–Crippen LogP) is 2.60. The zero-order chi connectivity index (χ0) is 12.0. The van der Waals surface area contributed by atoms with Crippen molar-refractivity contribution in [1.82, 2.24) is 10.3 Å². The molecule has 90 valence electrons. The number of amides is 1. The van der Waals surface area contributed by atoms with E-state index in [0.717, 1.165) is 17.8 Å². The lowest BCUT2D eigenvalue weighted by Gasteiger charge is -2.19. The number of alkyl carbamates (subject to hydrolysis) is 1. The molecule has 5 heteroatoms. The molecule has 1 heterocycles. The molecule has 0 aliphatic rings. The molecule has 1 N–H and O–H groups in total. The van der Waals surface area contributed by atoms with Crippen molar-refractivity contribution in [2.75, 3.05) is 6.54 Å². The van der Waals surface area contributed by atoms with Crippen LogP contribution in [0.1, 0.15) is 32.2 Å². The van der Waals surface area contributed by atoms with Crippen molar-refractivity contribution < 1.29 is 9.53 Å². The first-order valence-electron chi connectivity index (χ1n) is 5.32. The molecule has 0 saturated carbocycles. The third-order valence-electron chi connectivity index (χ3n) is 1.72. The molecule has 0 bridgehead atoms. The molecule has 0 fully saturated rings. The number of ether oxygens (including phenoxy) is 1. The van der Waals surface area contributed by atoms with E-state index >= 15 is 0 Å². The third kappa shape index (κ3) is 5.70. The van der Waals surface area contributed by atoms with E-state index in [0.29, 0.717) is 6.54 Å². The quantitative estimate of drug-likeness (QED) is 0.826. The summed E-state index contributed by atoms with van der Waals surface area (Å²) >= 11 is 1.64. The molecule has 16 heavy (non-hydrogen) atoms. The Bertz CT molecular complexity index is 317. The van der Waals surface area contributed by atoms with Gasteiger partial charge in [0.25, 0.3) is 0 Å². The number of rotatable bonds is 4. The van der Waals surface area contributed by atoms with Crippen molar-refractivity contribution in [3.8, 4) is 0 Å². The van der Waals surface area contributed by atoms with Gasteiger partial charge in [0.15, 0.2) is 0 Å². The molecular formula is C11H18N2O2S. The zero-order valence-electron chi connectivity index (χ0n) is 9.95. The van der Waals surface area contributed by atoms with Gasteiger partial charge in [-0.25, -0.2) is 9.78 Å². The van der Waals surface area contributed by atoms with Gasteiger partial charge >= 0.3 is 6.09 Å². The number of thiazole rings is 1. The zero-order valence-corrected chi connectivity index (χ0v) is 10.8. The molecule has 1 rings (SSSR count). The third-order valence-corrected chi connectivity index (χ3v) is 2.56. The minimum absolute atomic E-state index is 0.355. The van der Waals surface area contributed by atoms with Crippen LogP contribution in [0.25, 0.3) is 0 Å². The second-order valence-corrected chi connectivity index (χ2v) is 5.44. The summed E-state index contributed by atoms with van der Waals surface area (Å²) in [4.78, 5) is 15.4. The molecule has 4 nitrogen and oxygen atoms in total. The Labute approximate surface area is 100 Å². The summed E-state index contributed by atoms with van der Waals surface area (Å²) in [5.41, 5.74) is -0.431. The minimum atomic E-state index is -0.431. The van der Waals surface area contributed by atoms with E-state index in [1.165, 1.54) is 0 Å². The summed E-state index contributed by atoms with van der Waals surface area (Å²) in [7, 11) is 0. The lowest BCUT2D eigenvalue weighted by molar-refractivity contribution is 0.0527. The molecule has 0 aromatic carbocycles. The van der Waals surface area contributed by atoms with Crippen LogP contribution in [0.2, 0.25) is 0 Å². The fourth-order valence-corrected chi connectivity index (χ4v) is 1.78. The first-order chi connectivity index (χ1) is 7.47. The van der Waals surface area contributed by atoms with Gasteiger partial charge in [-0.2, -0.15) is 0 Å². The summed E-state index contributed by atoms with van der Waals surface area (Å²) < 4.78 is 5.11. The Morgan fingerprint density at radius 1 is 1.56 bits per heavy atom. The molecule has 1 aromatic heterocycles. The van der Waals surface area contributed by atoms with Crippen molar-refractivity contribution in [2.45, 2.75) is 39.2 Å². The summed E-state index contributed by atoms with van der Waals surface area (Å²) in [6, 6.07) is 0. The van der Waals surface area contributed by atoms with E-state index in [9.17, 15) is 4.79 Å². The van der Waals surface area contributed by atoms with E-state index in [-0.39, 0.29) is 6.09 Å². The fourth-order valence-electron chi connectivity index (χ4n) is 1.12. The van der Waals surface area contributed by atoms with Gasteiger partial charge in [0.1, 0.15) is 5.60 Å². The number of hydrogen-bond acceptors (Lipinski definition) is 4. The topological polar surface area (TPSA) is 51.2 Å². The second kappa shape index (κ2) is 5.84. The highest BCUT2D eigenvalue weighted by atomic mass is 32.1. The van der Waals surface area contributed by atoms with Crippen LogP contribution in [-0.4, -0.2) is 23.2 Å². The molecule has 0 unspecified atom stereocenters. The van der Waals surface area contributed by atoms with E-state index < -0.39 is 5.60 Å². The smallest absolute Gasteiger partial charge is 0.407 e. The highest BCUT2D eigenvalue weighted by Gasteiger charge is 2.15. The summed E-state index contributed by atoms with van der Waals surface area (Å²) in [5, 5.41) is 5.78. The molecule has 0 radical (unpaired) electrons.